The van der Waals surface area contributed by atoms with Crippen LogP contribution in [0.4, 0.5) is 11.4 Å². The van der Waals surface area contributed by atoms with Crippen LogP contribution in [0.5, 0.6) is 0 Å². The summed E-state index contributed by atoms with van der Waals surface area (Å²) in [6.07, 6.45) is 0. The van der Waals surface area contributed by atoms with Crippen LogP contribution in [0.3, 0.4) is 0 Å². The number of methoxy groups -OCH3 is 1. The molecule has 18 heavy (non-hydrogen) atoms. The van der Waals surface area contributed by atoms with Gasteiger partial charge in [-0.25, -0.2) is 8.42 Å². The second-order valence-corrected chi connectivity index (χ2v) is 5.90. The zero-order valence-corrected chi connectivity index (χ0v) is 11.2. The molecular weight excluding hydrogens is 256 g/mol. The summed E-state index contributed by atoms with van der Waals surface area (Å²) >= 11 is 0. The second kappa shape index (κ2) is 5.26. The molecule has 1 aromatic rings. The molecule has 0 aliphatic rings. The van der Waals surface area contributed by atoms with E-state index in [2.05, 4.69) is 9.46 Å². The van der Waals surface area contributed by atoms with Crippen LogP contribution >= 0.6 is 0 Å². The highest BCUT2D eigenvalue weighted by Gasteiger charge is 2.29. The molecule has 6 nitrogen and oxygen atoms in total. The third kappa shape index (κ3) is 3.13. The molecule has 0 saturated heterocycles. The average Bonchev–Trinajstić information content (AvgIpc) is 2.30. The Balaban J connectivity index is 2.99. The number of nitrogen functional groups attached to an aromatic ring is 1. The number of hydrogen-bond donors (Lipinski definition) is 2. The Labute approximate surface area is 106 Å². The lowest BCUT2D eigenvalue weighted by Gasteiger charge is -2.14. The maximum atomic E-state index is 11.9. The summed E-state index contributed by atoms with van der Waals surface area (Å²) in [5.74, 6) is -0.826. The van der Waals surface area contributed by atoms with E-state index in [0.717, 1.165) is 12.7 Å². The number of benzene rings is 1. The number of esters is 1. The number of carbonyl (C=O) groups excluding carboxylic acids is 1. The van der Waals surface area contributed by atoms with Crippen molar-refractivity contribution in [1.82, 2.24) is 0 Å². The van der Waals surface area contributed by atoms with Crippen LogP contribution in [0.1, 0.15) is 12.5 Å². The smallest absolute Gasteiger partial charge is 0.325 e. The van der Waals surface area contributed by atoms with Crippen molar-refractivity contribution in [2.24, 2.45) is 0 Å². The fraction of sp³-hybridized carbons (Fsp3) is 0.364. The Bertz CT molecular complexity index is 554. The molecule has 1 atom stereocenters. The van der Waals surface area contributed by atoms with E-state index < -0.39 is 21.2 Å². The van der Waals surface area contributed by atoms with Gasteiger partial charge in [0.05, 0.1) is 18.5 Å². The number of hydrogen-bond acceptors (Lipinski definition) is 5. The van der Waals surface area contributed by atoms with Gasteiger partial charge in [-0.05, 0) is 31.5 Å². The summed E-state index contributed by atoms with van der Waals surface area (Å²) in [6, 6.07) is 4.91. The van der Waals surface area contributed by atoms with Crippen LogP contribution in [0.25, 0.3) is 0 Å². The zero-order chi connectivity index (χ0) is 13.9. The quantitative estimate of drug-likeness (QED) is 0.626. The predicted molar refractivity (Wildman–Crippen MR) is 69.6 cm³/mol. The van der Waals surface area contributed by atoms with E-state index in [1.807, 2.05) is 6.92 Å². The molecule has 3 N–H and O–H groups in total. The second-order valence-electron chi connectivity index (χ2n) is 3.90. The first-order valence-corrected chi connectivity index (χ1v) is 6.78. The number of nitrogens with one attached hydrogen (secondary N) is 1. The van der Waals surface area contributed by atoms with Crippen LogP contribution in [-0.4, -0.2) is 26.7 Å². The van der Waals surface area contributed by atoms with E-state index in [4.69, 9.17) is 5.73 Å². The van der Waals surface area contributed by atoms with Crippen molar-refractivity contribution in [3.63, 3.8) is 0 Å². The number of nitrogens with two attached hydrogens (primary N) is 1. The molecule has 0 radical (unpaired) electrons. The van der Waals surface area contributed by atoms with Crippen molar-refractivity contribution in [3.05, 3.63) is 23.8 Å². The standard InChI is InChI=1S/C11H16N2O4S/c1-7-4-5-10(9(12)6-7)13-18(15,16)8(2)11(14)17-3/h4-6,8,13H,12H2,1-3H3. The molecule has 0 aliphatic heterocycles. The SMILES string of the molecule is COC(=O)C(C)S(=O)(=O)Nc1ccc(C)cc1N. The fourth-order valence-corrected chi connectivity index (χ4v) is 2.33. The molecule has 0 aliphatic carbocycles. The van der Waals surface area contributed by atoms with Crippen LogP contribution in [-0.2, 0) is 19.6 Å². The third-order valence-corrected chi connectivity index (χ3v) is 4.09. The van der Waals surface area contributed by atoms with E-state index >= 15 is 0 Å². The maximum Gasteiger partial charge on any atom is 0.325 e. The highest BCUT2D eigenvalue weighted by Crippen LogP contribution is 2.21. The topological polar surface area (TPSA) is 98.5 Å². The van der Waals surface area contributed by atoms with E-state index in [1.54, 1.807) is 18.2 Å². The molecule has 0 saturated carbocycles. The first-order valence-electron chi connectivity index (χ1n) is 5.23. The Morgan fingerprint density at radius 1 is 1.44 bits per heavy atom. The minimum Gasteiger partial charge on any atom is -0.468 e. The van der Waals surface area contributed by atoms with Gasteiger partial charge < -0.3 is 10.5 Å². The van der Waals surface area contributed by atoms with E-state index in [-0.39, 0.29) is 5.69 Å². The molecule has 1 aromatic carbocycles. The van der Waals surface area contributed by atoms with E-state index in [9.17, 15) is 13.2 Å². The number of ether oxygens (including phenoxy) is 1. The van der Waals surface area contributed by atoms with Crippen molar-refractivity contribution in [2.45, 2.75) is 19.1 Å². The molecule has 0 amide bonds. The summed E-state index contributed by atoms with van der Waals surface area (Å²) in [7, 11) is -2.73. The molecular formula is C11H16N2O4S. The summed E-state index contributed by atoms with van der Waals surface area (Å²) in [6.45, 7) is 3.09. The minimum absolute atomic E-state index is 0.247. The maximum absolute atomic E-state index is 11.9. The first kappa shape index (κ1) is 14.3. The van der Waals surface area contributed by atoms with Gasteiger partial charge in [-0.15, -0.1) is 0 Å². The van der Waals surface area contributed by atoms with Gasteiger partial charge in [0.25, 0.3) is 0 Å². The van der Waals surface area contributed by atoms with Crippen LogP contribution in [0, 0.1) is 6.92 Å². The van der Waals surface area contributed by atoms with Crippen molar-refractivity contribution in [3.8, 4) is 0 Å². The van der Waals surface area contributed by atoms with Crippen LogP contribution in [0.2, 0.25) is 0 Å². The van der Waals surface area contributed by atoms with Gasteiger partial charge in [0, 0.05) is 0 Å². The summed E-state index contributed by atoms with van der Waals surface area (Å²) < 4.78 is 30.4. The van der Waals surface area contributed by atoms with E-state index in [0.29, 0.717) is 5.69 Å². The lowest BCUT2D eigenvalue weighted by Crippen LogP contribution is -2.33. The third-order valence-electron chi connectivity index (χ3n) is 2.46. The largest absolute Gasteiger partial charge is 0.468 e. The van der Waals surface area contributed by atoms with Gasteiger partial charge >= 0.3 is 5.97 Å². The number of carbonyl (C=O) groups is 1. The Hall–Kier alpha value is -1.76. The number of sulfonamides is 1. The Kier molecular flexibility index (Phi) is 4.18. The average molecular weight is 272 g/mol. The van der Waals surface area contributed by atoms with Crippen LogP contribution in [0.15, 0.2) is 18.2 Å². The van der Waals surface area contributed by atoms with Gasteiger partial charge in [0.2, 0.25) is 10.0 Å². The van der Waals surface area contributed by atoms with Crippen molar-refractivity contribution in [2.75, 3.05) is 17.6 Å². The molecule has 0 heterocycles. The fourth-order valence-electron chi connectivity index (χ4n) is 1.31. The van der Waals surface area contributed by atoms with Gasteiger partial charge in [0.1, 0.15) is 0 Å². The van der Waals surface area contributed by atoms with Gasteiger partial charge in [-0.3, -0.25) is 9.52 Å². The summed E-state index contributed by atoms with van der Waals surface area (Å²) in [5, 5.41) is -1.30. The van der Waals surface area contributed by atoms with Crippen molar-refractivity contribution < 1.29 is 17.9 Å². The molecule has 0 fully saturated rings. The Morgan fingerprint density at radius 3 is 2.56 bits per heavy atom. The Morgan fingerprint density at radius 2 is 2.06 bits per heavy atom. The molecule has 7 heteroatoms. The van der Waals surface area contributed by atoms with Gasteiger partial charge in [-0.1, -0.05) is 6.07 Å². The lowest BCUT2D eigenvalue weighted by atomic mass is 10.2. The highest BCUT2D eigenvalue weighted by atomic mass is 32.2. The normalized spacial score (nSPS) is 12.8. The molecule has 0 bridgehead atoms. The van der Waals surface area contributed by atoms with Gasteiger partial charge in [0.15, 0.2) is 5.25 Å². The zero-order valence-electron chi connectivity index (χ0n) is 10.4. The highest BCUT2D eigenvalue weighted by molar-refractivity contribution is 7.94. The predicted octanol–water partition coefficient (Wildman–Crippen LogP) is 0.880. The summed E-state index contributed by atoms with van der Waals surface area (Å²) in [4.78, 5) is 11.2. The minimum atomic E-state index is -3.86. The molecule has 100 valence electrons. The number of aryl methyl sites for hydroxylation is 1. The summed E-state index contributed by atoms with van der Waals surface area (Å²) in [5.41, 5.74) is 7.16. The molecule has 1 rings (SSSR count). The molecule has 0 spiro atoms. The number of anilines is 2. The molecule has 0 aromatic heterocycles. The van der Waals surface area contributed by atoms with Crippen molar-refractivity contribution >= 4 is 27.4 Å². The van der Waals surface area contributed by atoms with Crippen LogP contribution < -0.4 is 10.5 Å². The lowest BCUT2D eigenvalue weighted by molar-refractivity contribution is -0.139. The first-order chi connectivity index (χ1) is 8.27. The van der Waals surface area contributed by atoms with Crippen molar-refractivity contribution in [1.29, 1.82) is 0 Å². The number of rotatable bonds is 4. The molecule has 1 unspecified atom stereocenters. The monoisotopic (exact) mass is 272 g/mol. The van der Waals surface area contributed by atoms with Gasteiger partial charge in [-0.2, -0.15) is 0 Å². The van der Waals surface area contributed by atoms with E-state index in [1.165, 1.54) is 6.92 Å².